The number of hydrogen-bond acceptors (Lipinski definition) is 4. The van der Waals surface area contributed by atoms with Crippen LogP contribution in [0.1, 0.15) is 11.1 Å². The van der Waals surface area contributed by atoms with Crippen LogP contribution in [0.5, 0.6) is 0 Å². The van der Waals surface area contributed by atoms with Gasteiger partial charge in [-0.3, -0.25) is 4.90 Å². The molecule has 0 spiro atoms. The Morgan fingerprint density at radius 3 is 2.06 bits per heavy atom. The van der Waals surface area contributed by atoms with E-state index in [1.54, 1.807) is 0 Å². The summed E-state index contributed by atoms with van der Waals surface area (Å²) >= 11 is 0. The van der Waals surface area contributed by atoms with Gasteiger partial charge in [0.2, 0.25) is 0 Å². The van der Waals surface area contributed by atoms with Crippen LogP contribution in [-0.2, 0) is 6.54 Å². The van der Waals surface area contributed by atoms with E-state index < -0.39 is 0 Å². The third-order valence-electron chi connectivity index (χ3n) is 2.50. The minimum Gasteiger partial charge on any atom is -0.395 e. The molecule has 0 aliphatic carbocycles. The zero-order chi connectivity index (χ0) is 13.2. The van der Waals surface area contributed by atoms with Crippen molar-refractivity contribution in [3.63, 3.8) is 0 Å². The molecule has 0 aliphatic heterocycles. The summed E-state index contributed by atoms with van der Waals surface area (Å²) < 4.78 is 0. The van der Waals surface area contributed by atoms with E-state index in [0.717, 1.165) is 11.1 Å². The predicted molar refractivity (Wildman–Crippen MR) is 69.9 cm³/mol. The summed E-state index contributed by atoms with van der Waals surface area (Å²) in [5.74, 6) is 5.43. The van der Waals surface area contributed by atoms with Gasteiger partial charge in [0.25, 0.3) is 0 Å². The van der Waals surface area contributed by atoms with Crippen LogP contribution in [0.4, 0.5) is 0 Å². The lowest BCUT2D eigenvalue weighted by molar-refractivity contribution is 0.156. The molecule has 1 aromatic carbocycles. The summed E-state index contributed by atoms with van der Waals surface area (Å²) in [6.07, 6.45) is 0. The van der Waals surface area contributed by atoms with Gasteiger partial charge in [0.15, 0.2) is 0 Å². The van der Waals surface area contributed by atoms with Crippen LogP contribution in [0.3, 0.4) is 0 Å². The van der Waals surface area contributed by atoms with Crippen molar-refractivity contribution in [2.45, 2.75) is 6.54 Å². The van der Waals surface area contributed by atoms with E-state index in [2.05, 4.69) is 11.8 Å². The first-order valence-electron chi connectivity index (χ1n) is 5.93. The van der Waals surface area contributed by atoms with E-state index in [1.807, 2.05) is 29.2 Å². The van der Waals surface area contributed by atoms with Crippen molar-refractivity contribution in [2.24, 2.45) is 0 Å². The Labute approximate surface area is 107 Å². The van der Waals surface area contributed by atoms with E-state index in [0.29, 0.717) is 19.6 Å². The average Bonchev–Trinajstić information content (AvgIpc) is 2.38. The molecule has 0 heterocycles. The Balaban J connectivity index is 2.60. The van der Waals surface area contributed by atoms with Crippen LogP contribution in [-0.4, -0.2) is 53.1 Å². The quantitative estimate of drug-likeness (QED) is 0.612. The lowest BCUT2D eigenvalue weighted by Gasteiger charge is -2.20. The van der Waals surface area contributed by atoms with Crippen molar-refractivity contribution in [3.05, 3.63) is 35.4 Å². The van der Waals surface area contributed by atoms with Crippen molar-refractivity contribution >= 4 is 0 Å². The number of nitrogens with zero attached hydrogens (tertiary/aromatic N) is 1. The van der Waals surface area contributed by atoms with Crippen LogP contribution in [0.2, 0.25) is 0 Å². The van der Waals surface area contributed by atoms with Crippen LogP contribution >= 0.6 is 0 Å². The highest BCUT2D eigenvalue weighted by atomic mass is 16.3. The van der Waals surface area contributed by atoms with E-state index >= 15 is 0 Å². The molecule has 0 amide bonds. The minimum absolute atomic E-state index is 0.0834. The van der Waals surface area contributed by atoms with E-state index in [4.69, 9.17) is 15.3 Å². The maximum atomic E-state index is 8.92. The summed E-state index contributed by atoms with van der Waals surface area (Å²) in [4.78, 5) is 1.98. The summed E-state index contributed by atoms with van der Waals surface area (Å²) in [5, 5.41) is 26.4. The molecule has 0 radical (unpaired) electrons. The SMILES string of the molecule is OCC#Cc1ccc(CN(CCO)CCO)cc1. The highest BCUT2D eigenvalue weighted by molar-refractivity contribution is 5.36. The minimum atomic E-state index is -0.136. The van der Waals surface area contributed by atoms with Crippen LogP contribution in [0.25, 0.3) is 0 Å². The third-order valence-corrected chi connectivity index (χ3v) is 2.50. The highest BCUT2D eigenvalue weighted by Crippen LogP contribution is 2.06. The van der Waals surface area contributed by atoms with Gasteiger partial charge in [0.05, 0.1) is 13.2 Å². The molecular formula is C14H19NO3. The molecule has 0 aromatic heterocycles. The lowest BCUT2D eigenvalue weighted by atomic mass is 10.1. The second kappa shape index (κ2) is 8.67. The van der Waals surface area contributed by atoms with Gasteiger partial charge in [0, 0.05) is 25.2 Å². The summed E-state index contributed by atoms with van der Waals surface area (Å²) in [7, 11) is 0. The largest absolute Gasteiger partial charge is 0.395 e. The topological polar surface area (TPSA) is 63.9 Å². The molecule has 0 bridgehead atoms. The fourth-order valence-electron chi connectivity index (χ4n) is 1.65. The van der Waals surface area contributed by atoms with Crippen LogP contribution in [0.15, 0.2) is 24.3 Å². The van der Waals surface area contributed by atoms with Crippen molar-refractivity contribution in [1.82, 2.24) is 4.90 Å². The van der Waals surface area contributed by atoms with Crippen molar-refractivity contribution in [1.29, 1.82) is 0 Å². The van der Waals surface area contributed by atoms with Gasteiger partial charge in [-0.1, -0.05) is 24.0 Å². The fourth-order valence-corrected chi connectivity index (χ4v) is 1.65. The standard InChI is InChI=1S/C14H19NO3/c16-9-1-2-13-3-5-14(6-4-13)12-15(7-10-17)8-11-18/h3-6,16-18H,7-12H2. The molecule has 0 saturated carbocycles. The first-order valence-corrected chi connectivity index (χ1v) is 5.93. The highest BCUT2D eigenvalue weighted by Gasteiger charge is 2.04. The van der Waals surface area contributed by atoms with Gasteiger partial charge < -0.3 is 15.3 Å². The number of rotatable bonds is 6. The molecule has 3 N–H and O–H groups in total. The Bertz CT molecular complexity index is 386. The molecule has 0 saturated heterocycles. The van der Waals surface area contributed by atoms with Crippen LogP contribution < -0.4 is 0 Å². The Hall–Kier alpha value is -1.38. The molecule has 0 fully saturated rings. The Kier molecular flexibility index (Phi) is 7.07. The maximum absolute atomic E-state index is 8.92. The monoisotopic (exact) mass is 249 g/mol. The summed E-state index contributed by atoms with van der Waals surface area (Å²) in [5.41, 5.74) is 1.97. The van der Waals surface area contributed by atoms with Gasteiger partial charge in [-0.2, -0.15) is 0 Å². The number of benzene rings is 1. The fraction of sp³-hybridized carbons (Fsp3) is 0.429. The van der Waals surface area contributed by atoms with Crippen LogP contribution in [0, 0.1) is 11.8 Å². The summed E-state index contributed by atoms with van der Waals surface area (Å²) in [6, 6.07) is 7.72. The molecule has 1 aromatic rings. The van der Waals surface area contributed by atoms with E-state index in [1.165, 1.54) is 0 Å². The first-order chi connectivity index (χ1) is 8.80. The normalized spacial score (nSPS) is 10.2. The second-order valence-electron chi connectivity index (χ2n) is 3.88. The molecule has 0 unspecified atom stereocenters. The summed E-state index contributed by atoms with van der Waals surface area (Å²) in [6.45, 7) is 1.82. The predicted octanol–water partition coefficient (Wildman–Crippen LogP) is -0.183. The molecule has 0 atom stereocenters. The molecule has 4 heteroatoms. The van der Waals surface area contributed by atoms with Gasteiger partial charge in [-0.15, -0.1) is 0 Å². The molecular weight excluding hydrogens is 230 g/mol. The molecule has 4 nitrogen and oxygen atoms in total. The number of aliphatic hydroxyl groups is 3. The number of hydrogen-bond donors (Lipinski definition) is 3. The zero-order valence-electron chi connectivity index (χ0n) is 10.3. The van der Waals surface area contributed by atoms with Crippen molar-refractivity contribution in [2.75, 3.05) is 32.9 Å². The van der Waals surface area contributed by atoms with Gasteiger partial charge in [0.1, 0.15) is 6.61 Å². The first kappa shape index (κ1) is 14.7. The molecule has 98 valence electrons. The van der Waals surface area contributed by atoms with Gasteiger partial charge in [-0.05, 0) is 17.7 Å². The molecule has 18 heavy (non-hydrogen) atoms. The van der Waals surface area contributed by atoms with Crippen molar-refractivity contribution in [3.8, 4) is 11.8 Å². The Morgan fingerprint density at radius 2 is 1.56 bits per heavy atom. The average molecular weight is 249 g/mol. The van der Waals surface area contributed by atoms with Crippen molar-refractivity contribution < 1.29 is 15.3 Å². The van der Waals surface area contributed by atoms with Gasteiger partial charge in [-0.25, -0.2) is 0 Å². The molecule has 0 aliphatic rings. The zero-order valence-corrected chi connectivity index (χ0v) is 10.3. The second-order valence-corrected chi connectivity index (χ2v) is 3.88. The Morgan fingerprint density at radius 1 is 0.944 bits per heavy atom. The van der Waals surface area contributed by atoms with E-state index in [-0.39, 0.29) is 19.8 Å². The maximum Gasteiger partial charge on any atom is 0.104 e. The lowest BCUT2D eigenvalue weighted by Crippen LogP contribution is -2.29. The molecule has 1 rings (SSSR count). The third kappa shape index (κ3) is 5.30. The smallest absolute Gasteiger partial charge is 0.104 e. The van der Waals surface area contributed by atoms with E-state index in [9.17, 15) is 0 Å². The van der Waals surface area contributed by atoms with Gasteiger partial charge >= 0.3 is 0 Å². The number of aliphatic hydroxyl groups excluding tert-OH is 3.